The molecule has 0 bridgehead atoms. The standard InChI is InChI=1S/C15H20FNO/c1-10(18)14-7-13(16)5-6-15(14)17-8-11-3-2-4-12(11)9-17/h5-7,10-12,18H,2-4,8-9H2,1H3/t10-,11?,12?/m0/s1. The van der Waals surface area contributed by atoms with E-state index >= 15 is 0 Å². The van der Waals surface area contributed by atoms with Crippen molar-refractivity contribution in [1.82, 2.24) is 0 Å². The number of nitrogens with zero attached hydrogens (tertiary/aromatic N) is 1. The van der Waals surface area contributed by atoms with E-state index in [1.54, 1.807) is 6.92 Å². The molecule has 2 fully saturated rings. The maximum atomic E-state index is 13.3. The minimum absolute atomic E-state index is 0.269. The second-order valence-electron chi connectivity index (χ2n) is 5.74. The zero-order valence-electron chi connectivity index (χ0n) is 10.8. The van der Waals surface area contributed by atoms with Gasteiger partial charge in [-0.1, -0.05) is 6.42 Å². The van der Waals surface area contributed by atoms with E-state index in [0.29, 0.717) is 0 Å². The quantitative estimate of drug-likeness (QED) is 0.870. The zero-order valence-corrected chi connectivity index (χ0v) is 10.8. The molecule has 1 aromatic rings. The fourth-order valence-corrected chi connectivity index (χ4v) is 3.58. The van der Waals surface area contributed by atoms with Gasteiger partial charge in [-0.15, -0.1) is 0 Å². The minimum Gasteiger partial charge on any atom is -0.389 e. The van der Waals surface area contributed by atoms with Gasteiger partial charge in [0.2, 0.25) is 0 Å². The molecule has 3 rings (SSSR count). The molecule has 1 aromatic carbocycles. The van der Waals surface area contributed by atoms with Crippen molar-refractivity contribution in [2.45, 2.75) is 32.3 Å². The number of hydrogen-bond donors (Lipinski definition) is 1. The van der Waals surface area contributed by atoms with Gasteiger partial charge in [-0.05, 0) is 49.8 Å². The number of hydrogen-bond acceptors (Lipinski definition) is 2. The molecular formula is C15H20FNO. The fourth-order valence-electron chi connectivity index (χ4n) is 3.58. The van der Waals surface area contributed by atoms with E-state index in [0.717, 1.165) is 36.2 Å². The maximum Gasteiger partial charge on any atom is 0.123 e. The van der Waals surface area contributed by atoms with Crippen molar-refractivity contribution in [3.63, 3.8) is 0 Å². The van der Waals surface area contributed by atoms with Gasteiger partial charge in [-0.3, -0.25) is 0 Å². The van der Waals surface area contributed by atoms with Crippen LogP contribution in [0.3, 0.4) is 0 Å². The summed E-state index contributed by atoms with van der Waals surface area (Å²) in [6, 6.07) is 4.78. The molecule has 0 amide bonds. The third-order valence-electron chi connectivity index (χ3n) is 4.51. The van der Waals surface area contributed by atoms with Crippen molar-refractivity contribution in [3.8, 4) is 0 Å². The van der Waals surface area contributed by atoms with Crippen LogP contribution >= 0.6 is 0 Å². The molecular weight excluding hydrogens is 229 g/mol. The first-order chi connectivity index (χ1) is 8.65. The Morgan fingerprint density at radius 1 is 1.28 bits per heavy atom. The summed E-state index contributed by atoms with van der Waals surface area (Å²) < 4.78 is 13.3. The van der Waals surface area contributed by atoms with Crippen molar-refractivity contribution in [1.29, 1.82) is 0 Å². The van der Waals surface area contributed by atoms with E-state index in [1.807, 2.05) is 6.07 Å². The average Bonchev–Trinajstić information content (AvgIpc) is 2.88. The first kappa shape index (κ1) is 12.0. The number of aliphatic hydroxyl groups excluding tert-OH is 1. The van der Waals surface area contributed by atoms with E-state index in [2.05, 4.69) is 4.90 Å². The Morgan fingerprint density at radius 3 is 2.56 bits per heavy atom. The van der Waals surface area contributed by atoms with Gasteiger partial charge < -0.3 is 10.0 Å². The van der Waals surface area contributed by atoms with Crippen molar-refractivity contribution < 1.29 is 9.50 Å². The van der Waals surface area contributed by atoms with E-state index in [4.69, 9.17) is 0 Å². The van der Waals surface area contributed by atoms with Crippen LogP contribution in [0.15, 0.2) is 18.2 Å². The molecule has 3 atom stereocenters. The molecule has 2 nitrogen and oxygen atoms in total. The van der Waals surface area contributed by atoms with Crippen LogP contribution in [-0.2, 0) is 0 Å². The Labute approximate surface area is 107 Å². The minimum atomic E-state index is -0.615. The third kappa shape index (κ3) is 2.01. The van der Waals surface area contributed by atoms with E-state index in [1.165, 1.54) is 31.4 Å². The van der Waals surface area contributed by atoms with Gasteiger partial charge in [0, 0.05) is 24.3 Å². The van der Waals surface area contributed by atoms with Crippen LogP contribution in [0.5, 0.6) is 0 Å². The van der Waals surface area contributed by atoms with Crippen LogP contribution in [0.4, 0.5) is 10.1 Å². The summed E-state index contributed by atoms with van der Waals surface area (Å²) in [4.78, 5) is 2.33. The molecule has 2 aliphatic rings. The second-order valence-corrected chi connectivity index (χ2v) is 5.74. The Bertz CT molecular complexity index is 434. The molecule has 3 heteroatoms. The predicted octanol–water partition coefficient (Wildman–Crippen LogP) is 3.12. The summed E-state index contributed by atoms with van der Waals surface area (Å²) in [7, 11) is 0. The van der Waals surface area contributed by atoms with Gasteiger partial charge in [-0.25, -0.2) is 4.39 Å². The summed E-state index contributed by atoms with van der Waals surface area (Å²) in [5.41, 5.74) is 1.73. The zero-order chi connectivity index (χ0) is 12.7. The lowest BCUT2D eigenvalue weighted by molar-refractivity contribution is 0.199. The SMILES string of the molecule is C[C@H](O)c1cc(F)ccc1N1CC2CCCC2C1. The highest BCUT2D eigenvalue weighted by Gasteiger charge is 2.36. The van der Waals surface area contributed by atoms with Crippen molar-refractivity contribution in [3.05, 3.63) is 29.6 Å². The first-order valence-corrected chi connectivity index (χ1v) is 6.87. The molecule has 1 saturated heterocycles. The predicted molar refractivity (Wildman–Crippen MR) is 70.1 cm³/mol. The van der Waals surface area contributed by atoms with Gasteiger partial charge in [0.1, 0.15) is 5.82 Å². The van der Waals surface area contributed by atoms with Crippen LogP contribution in [0.2, 0.25) is 0 Å². The monoisotopic (exact) mass is 249 g/mol. The van der Waals surface area contributed by atoms with Crippen LogP contribution in [-0.4, -0.2) is 18.2 Å². The number of benzene rings is 1. The largest absolute Gasteiger partial charge is 0.389 e. The molecule has 1 aliphatic heterocycles. The second kappa shape index (κ2) is 4.54. The Hall–Kier alpha value is -1.09. The molecule has 1 saturated carbocycles. The molecule has 1 N–H and O–H groups in total. The molecule has 1 heterocycles. The van der Waals surface area contributed by atoms with Gasteiger partial charge in [0.25, 0.3) is 0 Å². The number of fused-ring (bicyclic) bond motifs is 1. The number of halogens is 1. The van der Waals surface area contributed by atoms with Gasteiger partial charge in [0.15, 0.2) is 0 Å². The smallest absolute Gasteiger partial charge is 0.123 e. The first-order valence-electron chi connectivity index (χ1n) is 6.87. The lowest BCUT2D eigenvalue weighted by atomic mass is 10.0. The molecule has 1 aliphatic carbocycles. The van der Waals surface area contributed by atoms with Crippen LogP contribution < -0.4 is 4.90 Å². The third-order valence-corrected chi connectivity index (χ3v) is 4.51. The van der Waals surface area contributed by atoms with Gasteiger partial charge >= 0.3 is 0 Å². The Morgan fingerprint density at radius 2 is 1.94 bits per heavy atom. The van der Waals surface area contributed by atoms with E-state index < -0.39 is 6.10 Å². The van der Waals surface area contributed by atoms with Crippen molar-refractivity contribution in [2.24, 2.45) is 11.8 Å². The lowest BCUT2D eigenvalue weighted by Gasteiger charge is -2.24. The van der Waals surface area contributed by atoms with Crippen molar-refractivity contribution >= 4 is 5.69 Å². The highest BCUT2D eigenvalue weighted by molar-refractivity contribution is 5.55. The lowest BCUT2D eigenvalue weighted by Crippen LogP contribution is -2.22. The summed E-state index contributed by atoms with van der Waals surface area (Å²) in [6.07, 6.45) is 3.39. The average molecular weight is 249 g/mol. The van der Waals surface area contributed by atoms with E-state index in [9.17, 15) is 9.50 Å². The molecule has 98 valence electrons. The molecule has 0 radical (unpaired) electrons. The number of aliphatic hydroxyl groups is 1. The van der Waals surface area contributed by atoms with Gasteiger partial charge in [0.05, 0.1) is 6.10 Å². The molecule has 0 aromatic heterocycles. The highest BCUT2D eigenvalue weighted by atomic mass is 19.1. The highest BCUT2D eigenvalue weighted by Crippen LogP contribution is 2.41. The number of anilines is 1. The van der Waals surface area contributed by atoms with Crippen LogP contribution in [0, 0.1) is 17.7 Å². The summed E-state index contributed by atoms with van der Waals surface area (Å²) in [5, 5.41) is 9.80. The summed E-state index contributed by atoms with van der Waals surface area (Å²) >= 11 is 0. The van der Waals surface area contributed by atoms with E-state index in [-0.39, 0.29) is 5.82 Å². The van der Waals surface area contributed by atoms with Crippen LogP contribution in [0.25, 0.3) is 0 Å². The molecule has 18 heavy (non-hydrogen) atoms. The van der Waals surface area contributed by atoms with Gasteiger partial charge in [-0.2, -0.15) is 0 Å². The van der Waals surface area contributed by atoms with Crippen LogP contribution in [0.1, 0.15) is 37.9 Å². The maximum absolute atomic E-state index is 13.3. The summed E-state index contributed by atoms with van der Waals surface area (Å²) in [6.45, 7) is 3.83. The van der Waals surface area contributed by atoms with Crippen molar-refractivity contribution in [2.75, 3.05) is 18.0 Å². The topological polar surface area (TPSA) is 23.5 Å². The Kier molecular flexibility index (Phi) is 3.02. The molecule has 2 unspecified atom stereocenters. The molecule has 0 spiro atoms. The summed E-state index contributed by atoms with van der Waals surface area (Å²) in [5.74, 6) is 1.34. The normalized spacial score (nSPS) is 28.5. The Balaban J connectivity index is 1.88. The number of rotatable bonds is 2. The fraction of sp³-hybridized carbons (Fsp3) is 0.600.